The van der Waals surface area contributed by atoms with Crippen molar-refractivity contribution in [1.29, 1.82) is 0 Å². The summed E-state index contributed by atoms with van der Waals surface area (Å²) in [4.78, 5) is 39.5. The first-order valence-corrected chi connectivity index (χ1v) is 25.5. The molecule has 5 aromatic carbocycles. The van der Waals surface area contributed by atoms with Crippen molar-refractivity contribution >= 4 is 39.1 Å². The molecule has 1 saturated carbocycles. The van der Waals surface area contributed by atoms with Crippen LogP contribution in [0.4, 0.5) is 0 Å². The Morgan fingerprint density at radius 1 is 0.855 bits per heavy atom. The Morgan fingerprint density at radius 2 is 1.57 bits per heavy atom. The number of hydrogen-bond acceptors (Lipinski definition) is 7. The average molecular weight is 942 g/mol. The number of carbonyl (C=O) groups is 1. The predicted octanol–water partition coefficient (Wildman–Crippen LogP) is 11.8. The first-order chi connectivity index (χ1) is 33.7. The highest BCUT2D eigenvalue weighted by Crippen LogP contribution is 2.73. The third-order valence-corrected chi connectivity index (χ3v) is 17.7. The Labute approximate surface area is 410 Å². The first kappa shape index (κ1) is 42.5. The lowest BCUT2D eigenvalue weighted by molar-refractivity contribution is 0.0603. The van der Waals surface area contributed by atoms with Crippen LogP contribution in [0.25, 0.3) is 43.6 Å². The predicted molar refractivity (Wildman–Crippen MR) is 275 cm³/mol. The molecule has 4 aliphatic carbocycles. The molecular formula is C60H49ClN4O3S. The summed E-state index contributed by atoms with van der Waals surface area (Å²) >= 11 is 8.01. The molecular weight excluding hydrogens is 892 g/mol. The van der Waals surface area contributed by atoms with E-state index in [9.17, 15) is 9.59 Å². The number of likely N-dealkylation sites (tertiary alicyclic amines) is 1. The second kappa shape index (κ2) is 16.2. The summed E-state index contributed by atoms with van der Waals surface area (Å²) in [5.74, 6) is 6.95. The minimum Gasteiger partial charge on any atom is -0.465 e. The number of benzene rings is 5. The number of thiophene rings is 1. The van der Waals surface area contributed by atoms with Gasteiger partial charge >= 0.3 is 5.97 Å². The summed E-state index contributed by atoms with van der Waals surface area (Å²) in [6, 6.07) is 40.1. The maximum absolute atomic E-state index is 14.7. The Morgan fingerprint density at radius 3 is 2.29 bits per heavy atom. The smallest absolute Gasteiger partial charge is 0.340 e. The van der Waals surface area contributed by atoms with Crippen LogP contribution in [0.15, 0.2) is 126 Å². The van der Waals surface area contributed by atoms with Crippen LogP contribution in [-0.4, -0.2) is 51.6 Å². The fourth-order valence-electron chi connectivity index (χ4n) is 13.2. The zero-order chi connectivity index (χ0) is 46.6. The molecule has 0 N–H and O–H groups in total. The van der Waals surface area contributed by atoms with E-state index in [2.05, 4.69) is 107 Å². The van der Waals surface area contributed by atoms with Gasteiger partial charge in [0.05, 0.1) is 35.1 Å². The number of halogens is 1. The van der Waals surface area contributed by atoms with Crippen molar-refractivity contribution in [2.24, 2.45) is 5.41 Å². The van der Waals surface area contributed by atoms with Gasteiger partial charge in [0, 0.05) is 56.9 Å². The van der Waals surface area contributed by atoms with Gasteiger partial charge in [0.1, 0.15) is 5.82 Å². The van der Waals surface area contributed by atoms with Gasteiger partial charge in [-0.1, -0.05) is 108 Å². The Kier molecular flexibility index (Phi) is 9.99. The van der Waals surface area contributed by atoms with Crippen molar-refractivity contribution in [1.82, 2.24) is 19.4 Å². The van der Waals surface area contributed by atoms with Gasteiger partial charge in [-0.15, -0.1) is 11.3 Å². The van der Waals surface area contributed by atoms with Crippen LogP contribution in [0.3, 0.4) is 0 Å². The van der Waals surface area contributed by atoms with Crippen LogP contribution in [0, 0.1) is 24.2 Å². The zero-order valence-corrected chi connectivity index (χ0v) is 40.3. The maximum Gasteiger partial charge on any atom is 0.340 e. The van der Waals surface area contributed by atoms with E-state index in [0.717, 1.165) is 84.3 Å². The van der Waals surface area contributed by atoms with Crippen molar-refractivity contribution in [3.63, 3.8) is 0 Å². The highest BCUT2D eigenvalue weighted by molar-refractivity contribution is 7.18. The topological polar surface area (TPSA) is 77.3 Å². The summed E-state index contributed by atoms with van der Waals surface area (Å²) in [5, 5.41) is 2.35. The number of piperidine rings is 1. The summed E-state index contributed by atoms with van der Waals surface area (Å²) in [6.45, 7) is 4.18. The van der Waals surface area contributed by atoms with Crippen LogP contribution >= 0.6 is 22.9 Å². The molecule has 2 unspecified atom stereocenters. The fourth-order valence-corrected chi connectivity index (χ4v) is 14.4. The van der Waals surface area contributed by atoms with E-state index < -0.39 is 5.97 Å². The van der Waals surface area contributed by atoms with Crippen molar-refractivity contribution < 1.29 is 9.53 Å². The monoisotopic (exact) mass is 940 g/mol. The van der Waals surface area contributed by atoms with Crippen LogP contribution in [0.5, 0.6) is 0 Å². The molecule has 1 spiro atoms. The van der Waals surface area contributed by atoms with Gasteiger partial charge in [0.2, 0.25) is 0 Å². The van der Waals surface area contributed by atoms with Crippen molar-refractivity contribution in [3.05, 3.63) is 198 Å². The minimum absolute atomic E-state index is 0.0175. The van der Waals surface area contributed by atoms with Gasteiger partial charge in [-0.05, 0) is 150 Å². The lowest BCUT2D eigenvalue weighted by Crippen LogP contribution is -2.49. The molecule has 7 nitrogen and oxygen atoms in total. The SMILES string of the molecule is COC(=O)c1csc2c(-c3cc(Cl)ccc3C#CCn3c(C)nc4c(c3=O)CC(N3CCCC5(C3)CC5(c3cccc5c3Cc3ccccc3-5)c3cccc5c3Cc3ccccc3-5)CC4)ccnc12. The normalized spacial score (nSPS) is 19.3. The number of pyridine rings is 1. The van der Waals surface area contributed by atoms with Gasteiger partial charge in [0.25, 0.3) is 5.56 Å². The largest absolute Gasteiger partial charge is 0.465 e. The van der Waals surface area contributed by atoms with Crippen LogP contribution in [-0.2, 0) is 42.4 Å². The van der Waals surface area contributed by atoms with Crippen molar-refractivity contribution in [3.8, 4) is 45.2 Å². The highest BCUT2D eigenvalue weighted by atomic mass is 35.5. The van der Waals surface area contributed by atoms with Gasteiger partial charge in [0.15, 0.2) is 0 Å². The van der Waals surface area contributed by atoms with Crippen LogP contribution < -0.4 is 5.56 Å². The minimum atomic E-state index is -0.428. The third-order valence-electron chi connectivity index (χ3n) is 16.4. The van der Waals surface area contributed by atoms with Gasteiger partial charge in [-0.3, -0.25) is 19.2 Å². The van der Waals surface area contributed by atoms with E-state index in [1.807, 2.05) is 31.2 Å². The number of ether oxygens (including phenoxy) is 1. The lowest BCUT2D eigenvalue weighted by Gasteiger charge is -2.43. The number of nitrogens with zero attached hydrogens (tertiary/aromatic N) is 4. The second-order valence-corrected chi connectivity index (χ2v) is 21.1. The molecule has 2 fully saturated rings. The quantitative estimate of drug-likeness (QED) is 0.122. The van der Waals surface area contributed by atoms with E-state index in [1.54, 1.807) is 16.1 Å². The molecule has 340 valence electrons. The number of fused-ring (bicyclic) bond motifs is 8. The van der Waals surface area contributed by atoms with Gasteiger partial charge in [-0.2, -0.15) is 0 Å². The average Bonchev–Trinajstić information content (AvgIpc) is 3.75. The number of aromatic nitrogens is 3. The molecule has 0 radical (unpaired) electrons. The molecule has 1 saturated heterocycles. The van der Waals surface area contributed by atoms with Gasteiger partial charge in [-0.25, -0.2) is 9.78 Å². The van der Waals surface area contributed by atoms with Crippen molar-refractivity contribution in [2.45, 2.75) is 76.3 Å². The second-order valence-electron chi connectivity index (χ2n) is 19.8. The van der Waals surface area contributed by atoms with Gasteiger partial charge < -0.3 is 4.74 Å². The summed E-state index contributed by atoms with van der Waals surface area (Å²) in [5.41, 5.74) is 19.7. The number of hydrogen-bond donors (Lipinski definition) is 0. The van der Waals surface area contributed by atoms with E-state index in [1.165, 1.54) is 80.5 Å². The molecule has 4 heterocycles. The van der Waals surface area contributed by atoms with E-state index in [-0.39, 0.29) is 29.0 Å². The molecule has 1 aliphatic heterocycles. The molecule has 0 amide bonds. The molecule has 2 atom stereocenters. The maximum atomic E-state index is 14.7. The summed E-state index contributed by atoms with van der Waals surface area (Å²) in [7, 11) is 1.37. The lowest BCUT2D eigenvalue weighted by atomic mass is 9.72. The molecule has 5 aliphatic rings. The molecule has 3 aromatic heterocycles. The number of esters is 1. The molecule has 9 heteroatoms. The summed E-state index contributed by atoms with van der Waals surface area (Å²) < 4.78 is 7.61. The fraction of sp³-hybridized carbons (Fsp3) is 0.267. The van der Waals surface area contributed by atoms with Crippen molar-refractivity contribution in [2.75, 3.05) is 20.2 Å². The molecule has 0 bridgehead atoms. The number of carbonyl (C=O) groups excluding carboxylic acids is 1. The zero-order valence-electron chi connectivity index (χ0n) is 38.7. The number of methoxy groups -OCH3 is 1. The Balaban J connectivity index is 0.815. The summed E-state index contributed by atoms with van der Waals surface area (Å²) in [6.07, 6.45) is 9.58. The molecule has 69 heavy (non-hydrogen) atoms. The first-order valence-electron chi connectivity index (χ1n) is 24.2. The van der Waals surface area contributed by atoms with Crippen LogP contribution in [0.2, 0.25) is 5.02 Å². The Bertz CT molecular complexity index is 3520. The van der Waals surface area contributed by atoms with E-state index >= 15 is 0 Å². The third kappa shape index (κ3) is 6.58. The van der Waals surface area contributed by atoms with E-state index in [4.69, 9.17) is 21.3 Å². The number of rotatable bonds is 6. The molecule has 13 rings (SSSR count). The Hall–Kier alpha value is -6.63. The standard InChI is InChI=1S/C60H49ClN4O3S/c1-36-63-54-23-22-41(32-50(54)57(66)65(36)28-9-13-37-20-21-40(61)31-47(37)46-24-26-62-55-51(58(67)68-2)33-69-56(46)55)64-27-10-25-59(35-64)34-60(59,52-18-7-16-44-42-14-5-3-11-38(42)29-48(44)52)53-19-8-17-45-43-15-6-4-12-39(43)30-49(45)53/h3-8,11-12,14-21,24,26,31,33,41H,10,22-23,25,27-30,32,34-35H2,1-2H3. The molecule has 8 aromatic rings. The van der Waals surface area contributed by atoms with Crippen LogP contribution in [0.1, 0.15) is 92.1 Å². The highest BCUT2D eigenvalue weighted by Gasteiger charge is 2.70. The number of aryl methyl sites for hydroxylation is 2. The van der Waals surface area contributed by atoms with E-state index in [0.29, 0.717) is 28.3 Å².